The Hall–Kier alpha value is -2.08. The van der Waals surface area contributed by atoms with Gasteiger partial charge in [0.1, 0.15) is 5.82 Å². The normalized spacial score (nSPS) is 12.5. The quantitative estimate of drug-likeness (QED) is 0.850. The first-order valence-corrected chi connectivity index (χ1v) is 6.93. The van der Waals surface area contributed by atoms with E-state index in [4.69, 9.17) is 15.2 Å². The van der Waals surface area contributed by atoms with Gasteiger partial charge in [-0.1, -0.05) is 19.9 Å². The fourth-order valence-corrected chi connectivity index (χ4v) is 2.12. The molecule has 0 radical (unpaired) electrons. The number of benzene rings is 1. The number of nitrogens with one attached hydrogen (secondary N) is 1. The van der Waals surface area contributed by atoms with Crippen molar-refractivity contribution in [3.8, 4) is 11.5 Å². The lowest BCUT2D eigenvalue weighted by Crippen LogP contribution is -2.14. The molecule has 0 aliphatic heterocycles. The van der Waals surface area contributed by atoms with Crippen LogP contribution in [-0.4, -0.2) is 29.4 Å². The number of aromatic amines is 1. The van der Waals surface area contributed by atoms with Crippen molar-refractivity contribution in [1.29, 1.82) is 0 Å². The number of hydrogen-bond acceptors (Lipinski definition) is 5. The van der Waals surface area contributed by atoms with Gasteiger partial charge in [-0.3, -0.25) is 5.10 Å². The Bertz CT molecular complexity index is 595. The number of ether oxygens (including phenoxy) is 2. The number of aromatic nitrogens is 3. The van der Waals surface area contributed by atoms with E-state index < -0.39 is 6.04 Å². The Labute approximate surface area is 124 Å². The van der Waals surface area contributed by atoms with E-state index in [1.54, 1.807) is 14.2 Å². The topological polar surface area (TPSA) is 86.0 Å². The summed E-state index contributed by atoms with van der Waals surface area (Å²) in [6.45, 7) is 4.27. The minimum absolute atomic E-state index is 0.401. The molecule has 1 heterocycles. The van der Waals surface area contributed by atoms with Gasteiger partial charge in [0.2, 0.25) is 0 Å². The van der Waals surface area contributed by atoms with E-state index >= 15 is 0 Å². The van der Waals surface area contributed by atoms with E-state index in [1.807, 2.05) is 18.2 Å². The van der Waals surface area contributed by atoms with Crippen LogP contribution in [0.2, 0.25) is 0 Å². The van der Waals surface area contributed by atoms with Gasteiger partial charge in [0, 0.05) is 6.42 Å². The number of H-pyrrole nitrogens is 1. The predicted octanol–water partition coefficient (Wildman–Crippen LogP) is 2.07. The van der Waals surface area contributed by atoms with Crippen molar-refractivity contribution >= 4 is 0 Å². The van der Waals surface area contributed by atoms with Gasteiger partial charge in [0.05, 0.1) is 20.3 Å². The van der Waals surface area contributed by atoms with Gasteiger partial charge in [0.15, 0.2) is 17.3 Å². The molecule has 0 saturated carbocycles. The molecule has 0 saturated heterocycles. The summed E-state index contributed by atoms with van der Waals surface area (Å²) >= 11 is 0. The maximum absolute atomic E-state index is 6.23. The molecule has 2 rings (SSSR count). The lowest BCUT2D eigenvalue weighted by Gasteiger charge is -2.12. The fourth-order valence-electron chi connectivity index (χ4n) is 2.12. The molecule has 1 aromatic carbocycles. The Morgan fingerprint density at radius 1 is 1.19 bits per heavy atom. The molecule has 3 N–H and O–H groups in total. The zero-order valence-corrected chi connectivity index (χ0v) is 12.9. The number of nitrogens with zero attached hydrogens (tertiary/aromatic N) is 2. The molecule has 1 unspecified atom stereocenters. The lowest BCUT2D eigenvalue weighted by molar-refractivity contribution is 0.354. The third-order valence-electron chi connectivity index (χ3n) is 3.20. The Morgan fingerprint density at radius 2 is 1.90 bits per heavy atom. The Balaban J connectivity index is 2.23. The third-order valence-corrected chi connectivity index (χ3v) is 3.20. The number of rotatable bonds is 6. The van der Waals surface area contributed by atoms with Crippen LogP contribution in [0.5, 0.6) is 11.5 Å². The summed E-state index contributed by atoms with van der Waals surface area (Å²) in [4.78, 5) is 4.46. The first kappa shape index (κ1) is 15.3. The highest BCUT2D eigenvalue weighted by Crippen LogP contribution is 2.30. The second-order valence-corrected chi connectivity index (χ2v) is 5.33. The van der Waals surface area contributed by atoms with E-state index in [-0.39, 0.29) is 0 Å². The molecule has 114 valence electrons. The molecular weight excluding hydrogens is 268 g/mol. The largest absolute Gasteiger partial charge is 0.493 e. The summed E-state index contributed by atoms with van der Waals surface area (Å²) in [7, 11) is 3.20. The molecule has 1 atom stereocenters. The van der Waals surface area contributed by atoms with E-state index in [1.165, 1.54) is 0 Å². The molecule has 2 aromatic rings. The van der Waals surface area contributed by atoms with Crippen LogP contribution in [0.25, 0.3) is 0 Å². The van der Waals surface area contributed by atoms with Crippen molar-refractivity contribution in [2.24, 2.45) is 11.7 Å². The van der Waals surface area contributed by atoms with Crippen LogP contribution in [0.1, 0.15) is 37.1 Å². The number of nitrogens with two attached hydrogens (primary N) is 1. The first-order valence-electron chi connectivity index (χ1n) is 6.93. The van der Waals surface area contributed by atoms with Gasteiger partial charge in [-0.05, 0) is 23.6 Å². The van der Waals surface area contributed by atoms with E-state index in [9.17, 15) is 0 Å². The molecular formula is C15H22N4O2. The lowest BCUT2D eigenvalue weighted by atomic mass is 10.1. The maximum atomic E-state index is 6.23. The third kappa shape index (κ3) is 3.52. The van der Waals surface area contributed by atoms with Crippen LogP contribution in [-0.2, 0) is 6.42 Å². The molecule has 0 bridgehead atoms. The van der Waals surface area contributed by atoms with Crippen LogP contribution in [0.15, 0.2) is 18.2 Å². The zero-order chi connectivity index (χ0) is 15.4. The van der Waals surface area contributed by atoms with Crippen LogP contribution >= 0.6 is 0 Å². The van der Waals surface area contributed by atoms with Gasteiger partial charge in [-0.15, -0.1) is 0 Å². The molecule has 0 aliphatic carbocycles. The van der Waals surface area contributed by atoms with Crippen molar-refractivity contribution in [2.75, 3.05) is 14.2 Å². The zero-order valence-electron chi connectivity index (χ0n) is 12.9. The summed E-state index contributed by atoms with van der Waals surface area (Å²) in [6, 6.07) is 5.17. The summed E-state index contributed by atoms with van der Waals surface area (Å²) in [5, 5.41) is 7.15. The first-order chi connectivity index (χ1) is 10.0. The summed E-state index contributed by atoms with van der Waals surface area (Å²) in [5.41, 5.74) is 7.11. The highest BCUT2D eigenvalue weighted by molar-refractivity contribution is 5.44. The SMILES string of the molecule is COc1ccc(C(N)c2n[nH]c(CC(C)C)n2)cc1OC. The molecule has 1 aromatic heterocycles. The van der Waals surface area contributed by atoms with Crippen molar-refractivity contribution in [2.45, 2.75) is 26.3 Å². The van der Waals surface area contributed by atoms with Crippen molar-refractivity contribution in [1.82, 2.24) is 15.2 Å². The average molecular weight is 290 g/mol. The van der Waals surface area contributed by atoms with Crippen molar-refractivity contribution < 1.29 is 9.47 Å². The van der Waals surface area contributed by atoms with Crippen LogP contribution in [0, 0.1) is 5.92 Å². The molecule has 6 nitrogen and oxygen atoms in total. The van der Waals surface area contributed by atoms with Crippen LogP contribution in [0.3, 0.4) is 0 Å². The van der Waals surface area contributed by atoms with Crippen LogP contribution < -0.4 is 15.2 Å². The van der Waals surface area contributed by atoms with Gasteiger partial charge in [0.25, 0.3) is 0 Å². The standard InChI is InChI=1S/C15H22N4O2/c1-9(2)7-13-17-15(19-18-13)14(16)10-5-6-11(20-3)12(8-10)21-4/h5-6,8-9,14H,7,16H2,1-4H3,(H,17,18,19). The molecule has 0 aliphatic rings. The maximum Gasteiger partial charge on any atom is 0.171 e. The van der Waals surface area contributed by atoms with Gasteiger partial charge >= 0.3 is 0 Å². The fraction of sp³-hybridized carbons (Fsp3) is 0.467. The highest BCUT2D eigenvalue weighted by atomic mass is 16.5. The molecule has 6 heteroatoms. The second-order valence-electron chi connectivity index (χ2n) is 5.33. The predicted molar refractivity (Wildman–Crippen MR) is 80.5 cm³/mol. The van der Waals surface area contributed by atoms with Crippen molar-refractivity contribution in [3.63, 3.8) is 0 Å². The number of methoxy groups -OCH3 is 2. The smallest absolute Gasteiger partial charge is 0.171 e. The molecule has 0 fully saturated rings. The van der Waals surface area contributed by atoms with Gasteiger partial charge in [-0.25, -0.2) is 4.98 Å². The minimum atomic E-state index is -0.401. The minimum Gasteiger partial charge on any atom is -0.493 e. The Morgan fingerprint density at radius 3 is 2.52 bits per heavy atom. The van der Waals surface area contributed by atoms with Gasteiger partial charge in [-0.2, -0.15) is 5.10 Å². The Kier molecular flexibility index (Phi) is 4.80. The van der Waals surface area contributed by atoms with Crippen molar-refractivity contribution in [3.05, 3.63) is 35.4 Å². The molecule has 21 heavy (non-hydrogen) atoms. The monoisotopic (exact) mass is 290 g/mol. The molecule has 0 spiro atoms. The van der Waals surface area contributed by atoms with E-state index in [0.29, 0.717) is 23.2 Å². The summed E-state index contributed by atoms with van der Waals surface area (Å²) in [5.74, 6) is 3.27. The summed E-state index contributed by atoms with van der Waals surface area (Å²) < 4.78 is 10.5. The van der Waals surface area contributed by atoms with E-state index in [0.717, 1.165) is 17.8 Å². The molecule has 0 amide bonds. The summed E-state index contributed by atoms with van der Waals surface area (Å²) in [6.07, 6.45) is 0.853. The second kappa shape index (κ2) is 6.58. The van der Waals surface area contributed by atoms with Crippen LogP contribution in [0.4, 0.5) is 0 Å². The van der Waals surface area contributed by atoms with Gasteiger partial charge < -0.3 is 15.2 Å². The average Bonchev–Trinajstić information content (AvgIpc) is 2.93. The van der Waals surface area contributed by atoms with E-state index in [2.05, 4.69) is 29.0 Å². The highest BCUT2D eigenvalue weighted by Gasteiger charge is 2.17. The number of hydrogen-bond donors (Lipinski definition) is 2.